The minimum Gasteiger partial charge on any atom is -0.452 e. The van der Waals surface area contributed by atoms with Gasteiger partial charge in [-0.2, -0.15) is 0 Å². The highest BCUT2D eigenvalue weighted by Gasteiger charge is 2.40. The Balaban J connectivity index is 1.40. The molecule has 1 aromatic carbocycles. The number of ether oxygens (including phenoxy) is 1. The van der Waals surface area contributed by atoms with Crippen LogP contribution in [0, 0.1) is 5.92 Å². The van der Waals surface area contributed by atoms with Crippen molar-refractivity contribution < 1.29 is 23.9 Å². The number of nitrogens with zero attached hydrogens (tertiary/aromatic N) is 1. The Bertz CT molecular complexity index is 855. The van der Waals surface area contributed by atoms with Crippen molar-refractivity contribution in [3.8, 4) is 0 Å². The van der Waals surface area contributed by atoms with Crippen molar-refractivity contribution in [3.63, 3.8) is 0 Å². The first-order valence-electron chi connectivity index (χ1n) is 10.4. The number of imide groups is 1. The van der Waals surface area contributed by atoms with Crippen LogP contribution in [0.25, 0.3) is 0 Å². The van der Waals surface area contributed by atoms with Crippen LogP contribution in [0.1, 0.15) is 82.9 Å². The largest absolute Gasteiger partial charge is 0.452 e. The third kappa shape index (κ3) is 4.04. The summed E-state index contributed by atoms with van der Waals surface area (Å²) in [7, 11) is 0. The average Bonchev–Trinajstić information content (AvgIpc) is 3.54. The van der Waals surface area contributed by atoms with E-state index in [1.165, 1.54) is 23.1 Å². The van der Waals surface area contributed by atoms with Gasteiger partial charge in [0, 0.05) is 12.1 Å². The zero-order valence-corrected chi connectivity index (χ0v) is 16.6. The zero-order chi connectivity index (χ0) is 20.5. The van der Waals surface area contributed by atoms with E-state index in [4.69, 9.17) is 4.74 Å². The maximum absolute atomic E-state index is 12.8. The van der Waals surface area contributed by atoms with Crippen LogP contribution in [-0.4, -0.2) is 47.3 Å². The molecule has 154 valence electrons. The van der Waals surface area contributed by atoms with E-state index in [1.54, 1.807) is 0 Å². The molecular formula is C22H26N2O5. The topological polar surface area (TPSA) is 92.8 Å². The lowest BCUT2D eigenvalue weighted by Gasteiger charge is -2.29. The quantitative estimate of drug-likeness (QED) is 0.587. The van der Waals surface area contributed by atoms with E-state index < -0.39 is 5.97 Å². The fourth-order valence-electron chi connectivity index (χ4n) is 4.28. The normalized spacial score (nSPS) is 20.4. The third-order valence-corrected chi connectivity index (χ3v) is 6.15. The molecule has 7 nitrogen and oxygen atoms in total. The van der Waals surface area contributed by atoms with Gasteiger partial charge in [0.25, 0.3) is 17.7 Å². The van der Waals surface area contributed by atoms with Crippen LogP contribution in [0.15, 0.2) is 18.2 Å². The summed E-state index contributed by atoms with van der Waals surface area (Å²) in [5.74, 6) is -1.14. The molecule has 1 unspecified atom stereocenters. The first-order chi connectivity index (χ1) is 14.0. The minimum absolute atomic E-state index is 0.0660. The molecule has 3 aliphatic rings. The van der Waals surface area contributed by atoms with Crippen molar-refractivity contribution in [1.29, 1.82) is 0 Å². The molecular weight excluding hydrogens is 372 g/mol. The Kier molecular flexibility index (Phi) is 5.39. The molecule has 1 aliphatic heterocycles. The number of fused-ring (bicyclic) bond motifs is 1. The van der Waals surface area contributed by atoms with Gasteiger partial charge in [0.1, 0.15) is 0 Å². The van der Waals surface area contributed by atoms with Crippen LogP contribution in [0.4, 0.5) is 0 Å². The summed E-state index contributed by atoms with van der Waals surface area (Å²) < 4.78 is 5.10. The molecule has 1 atom stereocenters. The summed E-state index contributed by atoms with van der Waals surface area (Å²) in [5, 5.41) is 2.82. The maximum atomic E-state index is 12.8. The Morgan fingerprint density at radius 2 is 1.76 bits per heavy atom. The van der Waals surface area contributed by atoms with Gasteiger partial charge in [-0.15, -0.1) is 0 Å². The summed E-state index contributed by atoms with van der Waals surface area (Å²) in [6, 6.07) is 4.40. The van der Waals surface area contributed by atoms with Gasteiger partial charge in [-0.3, -0.25) is 19.3 Å². The van der Waals surface area contributed by atoms with Crippen LogP contribution in [0.3, 0.4) is 0 Å². The van der Waals surface area contributed by atoms with Crippen LogP contribution >= 0.6 is 0 Å². The lowest BCUT2D eigenvalue weighted by Crippen LogP contribution is -2.40. The lowest BCUT2D eigenvalue weighted by molar-refractivity contribution is -0.125. The van der Waals surface area contributed by atoms with Gasteiger partial charge in [0.2, 0.25) is 0 Å². The number of esters is 1. The summed E-state index contributed by atoms with van der Waals surface area (Å²) in [5.41, 5.74) is 0.730. The summed E-state index contributed by atoms with van der Waals surface area (Å²) in [6.07, 6.45) is 7.03. The van der Waals surface area contributed by atoms with Crippen molar-refractivity contribution in [2.45, 2.75) is 64.0 Å². The molecule has 0 saturated heterocycles. The highest BCUT2D eigenvalue weighted by Crippen LogP contribution is 2.32. The predicted molar refractivity (Wildman–Crippen MR) is 104 cm³/mol. The van der Waals surface area contributed by atoms with Gasteiger partial charge in [-0.1, -0.05) is 19.3 Å². The summed E-state index contributed by atoms with van der Waals surface area (Å²) in [4.78, 5) is 51.1. The standard InChI is InChI=1S/C22H26N2O5/c1-13(14-7-8-14)23-19(25)12-29-22(28)15-9-10-17-18(11-15)21(27)24(20(17)26)16-5-3-2-4-6-16/h9-11,13-14,16H,2-8,12H2,1H3,(H,23,25). The van der Waals surface area contributed by atoms with Crippen molar-refractivity contribution in [2.75, 3.05) is 6.61 Å². The van der Waals surface area contributed by atoms with E-state index in [0.29, 0.717) is 11.5 Å². The van der Waals surface area contributed by atoms with Crippen LogP contribution in [0.5, 0.6) is 0 Å². The number of rotatable bonds is 6. The van der Waals surface area contributed by atoms with Crippen molar-refractivity contribution in [1.82, 2.24) is 10.2 Å². The second-order valence-electron chi connectivity index (χ2n) is 8.30. The first kappa shape index (κ1) is 19.6. The van der Waals surface area contributed by atoms with Crippen LogP contribution in [0.2, 0.25) is 0 Å². The van der Waals surface area contributed by atoms with Gasteiger partial charge in [0.15, 0.2) is 6.61 Å². The number of carbonyl (C=O) groups is 4. The van der Waals surface area contributed by atoms with Crippen LogP contribution in [-0.2, 0) is 9.53 Å². The minimum atomic E-state index is -0.682. The van der Waals surface area contributed by atoms with E-state index in [1.807, 2.05) is 6.92 Å². The van der Waals surface area contributed by atoms with Gasteiger partial charge in [-0.05, 0) is 56.7 Å². The van der Waals surface area contributed by atoms with Gasteiger partial charge in [-0.25, -0.2) is 4.79 Å². The average molecular weight is 398 g/mol. The highest BCUT2D eigenvalue weighted by molar-refractivity contribution is 6.22. The van der Waals surface area contributed by atoms with E-state index in [2.05, 4.69) is 5.32 Å². The molecule has 1 heterocycles. The number of carbonyl (C=O) groups excluding carboxylic acids is 4. The molecule has 0 bridgehead atoms. The smallest absolute Gasteiger partial charge is 0.338 e. The predicted octanol–water partition coefficient (Wildman–Crippen LogP) is 2.69. The monoisotopic (exact) mass is 398 g/mol. The van der Waals surface area contributed by atoms with Crippen LogP contribution < -0.4 is 5.32 Å². The number of nitrogens with one attached hydrogen (secondary N) is 1. The molecule has 29 heavy (non-hydrogen) atoms. The van der Waals surface area contributed by atoms with E-state index >= 15 is 0 Å². The fourth-order valence-corrected chi connectivity index (χ4v) is 4.28. The zero-order valence-electron chi connectivity index (χ0n) is 16.6. The Morgan fingerprint density at radius 3 is 2.45 bits per heavy atom. The number of benzene rings is 1. The van der Waals surface area contributed by atoms with Gasteiger partial charge < -0.3 is 10.1 Å². The van der Waals surface area contributed by atoms with Gasteiger partial charge >= 0.3 is 5.97 Å². The van der Waals surface area contributed by atoms with Gasteiger partial charge in [0.05, 0.1) is 16.7 Å². The highest BCUT2D eigenvalue weighted by atomic mass is 16.5. The third-order valence-electron chi connectivity index (χ3n) is 6.15. The number of amides is 3. The Hall–Kier alpha value is -2.70. The maximum Gasteiger partial charge on any atom is 0.338 e. The first-order valence-corrected chi connectivity index (χ1v) is 10.4. The van der Waals surface area contributed by atoms with Crippen molar-refractivity contribution >= 4 is 23.7 Å². The number of hydrogen-bond acceptors (Lipinski definition) is 5. The Labute approximate surface area is 169 Å². The van der Waals surface area contributed by atoms with Crippen molar-refractivity contribution in [3.05, 3.63) is 34.9 Å². The second-order valence-corrected chi connectivity index (χ2v) is 8.30. The molecule has 1 N–H and O–H groups in total. The van der Waals surface area contributed by atoms with Crippen molar-refractivity contribution in [2.24, 2.45) is 5.92 Å². The molecule has 0 aromatic heterocycles. The van der Waals surface area contributed by atoms with E-state index in [0.717, 1.165) is 44.9 Å². The summed E-state index contributed by atoms with van der Waals surface area (Å²) >= 11 is 0. The van der Waals surface area contributed by atoms with E-state index in [9.17, 15) is 19.2 Å². The molecule has 2 fully saturated rings. The molecule has 2 aliphatic carbocycles. The second kappa shape index (κ2) is 7.97. The number of hydrogen-bond donors (Lipinski definition) is 1. The SMILES string of the molecule is CC(NC(=O)COC(=O)c1ccc2c(c1)C(=O)N(C1CCCCC1)C2=O)C1CC1. The lowest BCUT2D eigenvalue weighted by atomic mass is 9.94. The molecule has 2 saturated carbocycles. The molecule has 0 radical (unpaired) electrons. The van der Waals surface area contributed by atoms with E-state index in [-0.39, 0.29) is 47.5 Å². The fraction of sp³-hybridized carbons (Fsp3) is 0.545. The molecule has 1 aromatic rings. The molecule has 4 rings (SSSR count). The molecule has 7 heteroatoms. The molecule has 3 amide bonds. The summed E-state index contributed by atoms with van der Waals surface area (Å²) in [6.45, 7) is 1.58. The molecule has 0 spiro atoms. The Morgan fingerprint density at radius 1 is 1.07 bits per heavy atom.